The van der Waals surface area contributed by atoms with Gasteiger partial charge in [-0.15, -0.1) is 0 Å². The number of para-hydroxylation sites is 1. The molecule has 0 radical (unpaired) electrons. The number of amides is 1. The summed E-state index contributed by atoms with van der Waals surface area (Å²) in [5, 5.41) is 11.1. The van der Waals surface area contributed by atoms with Crippen molar-refractivity contribution in [2.45, 2.75) is 0 Å². The highest BCUT2D eigenvalue weighted by Gasteiger charge is 2.08. The van der Waals surface area contributed by atoms with Crippen LogP contribution in [0.15, 0.2) is 48.5 Å². The van der Waals surface area contributed by atoms with Gasteiger partial charge in [-0.3, -0.25) is 4.79 Å². The van der Waals surface area contributed by atoms with E-state index in [2.05, 4.69) is 17.2 Å². The van der Waals surface area contributed by atoms with Gasteiger partial charge in [0.25, 0.3) is 5.91 Å². The highest BCUT2D eigenvalue weighted by Crippen LogP contribution is 2.14. The standard InChI is InChI=1S/C16H12FNO2/c17-14-5-1-2-6-15(14)18-16(20)13-9-7-12(8-10-13)4-3-11-19/h1-2,5-10,19H,11H2,(H,18,20). The first-order valence-electron chi connectivity index (χ1n) is 5.96. The predicted octanol–water partition coefficient (Wildman–Crippen LogP) is 2.42. The molecule has 0 aromatic heterocycles. The quantitative estimate of drug-likeness (QED) is 0.823. The summed E-state index contributed by atoms with van der Waals surface area (Å²) >= 11 is 0. The largest absolute Gasteiger partial charge is 0.384 e. The molecule has 4 heteroatoms. The molecule has 0 atom stereocenters. The zero-order valence-corrected chi connectivity index (χ0v) is 10.6. The number of anilines is 1. The molecule has 0 saturated heterocycles. The van der Waals surface area contributed by atoms with E-state index in [1.54, 1.807) is 36.4 Å². The van der Waals surface area contributed by atoms with E-state index in [-0.39, 0.29) is 12.3 Å². The van der Waals surface area contributed by atoms with Crippen LogP contribution >= 0.6 is 0 Å². The third-order valence-electron chi connectivity index (χ3n) is 2.58. The summed E-state index contributed by atoms with van der Waals surface area (Å²) in [4.78, 5) is 11.9. The summed E-state index contributed by atoms with van der Waals surface area (Å²) in [6, 6.07) is 12.5. The van der Waals surface area contributed by atoms with Crippen LogP contribution in [0.5, 0.6) is 0 Å². The Morgan fingerprint density at radius 1 is 1.15 bits per heavy atom. The predicted molar refractivity (Wildman–Crippen MR) is 74.8 cm³/mol. The zero-order chi connectivity index (χ0) is 14.4. The molecular weight excluding hydrogens is 257 g/mol. The Bertz CT molecular complexity index is 669. The maximum atomic E-state index is 13.4. The van der Waals surface area contributed by atoms with Crippen LogP contribution in [0.25, 0.3) is 0 Å². The van der Waals surface area contributed by atoms with Crippen molar-refractivity contribution < 1.29 is 14.3 Å². The van der Waals surface area contributed by atoms with E-state index in [0.29, 0.717) is 11.1 Å². The van der Waals surface area contributed by atoms with Crippen molar-refractivity contribution >= 4 is 11.6 Å². The number of benzene rings is 2. The second kappa shape index (κ2) is 6.50. The fourth-order valence-electron chi connectivity index (χ4n) is 1.60. The van der Waals surface area contributed by atoms with E-state index >= 15 is 0 Å². The molecule has 0 unspecified atom stereocenters. The smallest absolute Gasteiger partial charge is 0.255 e. The van der Waals surface area contributed by atoms with E-state index in [4.69, 9.17) is 5.11 Å². The van der Waals surface area contributed by atoms with Gasteiger partial charge in [-0.1, -0.05) is 24.0 Å². The van der Waals surface area contributed by atoms with Crippen molar-refractivity contribution in [1.29, 1.82) is 0 Å². The third-order valence-corrected chi connectivity index (χ3v) is 2.58. The second-order valence-corrected chi connectivity index (χ2v) is 3.97. The van der Waals surface area contributed by atoms with Crippen molar-refractivity contribution in [2.75, 3.05) is 11.9 Å². The molecular formula is C16H12FNO2. The molecule has 0 bridgehead atoms. The summed E-state index contributed by atoms with van der Waals surface area (Å²) in [7, 11) is 0. The summed E-state index contributed by atoms with van der Waals surface area (Å²) < 4.78 is 13.4. The summed E-state index contributed by atoms with van der Waals surface area (Å²) in [5.41, 5.74) is 1.24. The number of hydrogen-bond donors (Lipinski definition) is 2. The third kappa shape index (κ3) is 3.44. The molecule has 0 aliphatic rings. The van der Waals surface area contributed by atoms with Crippen molar-refractivity contribution in [1.82, 2.24) is 0 Å². The lowest BCUT2D eigenvalue weighted by molar-refractivity contribution is 0.102. The lowest BCUT2D eigenvalue weighted by Gasteiger charge is -2.06. The lowest BCUT2D eigenvalue weighted by Crippen LogP contribution is -2.12. The molecule has 0 fully saturated rings. The van der Waals surface area contributed by atoms with Gasteiger partial charge in [-0.05, 0) is 36.4 Å². The molecule has 2 aromatic rings. The highest BCUT2D eigenvalue weighted by molar-refractivity contribution is 6.04. The van der Waals surface area contributed by atoms with Crippen LogP contribution in [0, 0.1) is 17.7 Å². The Hall–Kier alpha value is -2.64. The minimum absolute atomic E-state index is 0.140. The van der Waals surface area contributed by atoms with Crippen LogP contribution in [0.1, 0.15) is 15.9 Å². The first-order valence-corrected chi connectivity index (χ1v) is 5.96. The van der Waals surface area contributed by atoms with Crippen LogP contribution in [0.2, 0.25) is 0 Å². The Morgan fingerprint density at radius 3 is 2.50 bits per heavy atom. The fraction of sp³-hybridized carbons (Fsp3) is 0.0625. The summed E-state index contributed by atoms with van der Waals surface area (Å²) in [6.45, 7) is -0.213. The van der Waals surface area contributed by atoms with Crippen LogP contribution in [-0.2, 0) is 0 Å². The van der Waals surface area contributed by atoms with Crippen LogP contribution < -0.4 is 5.32 Å². The Morgan fingerprint density at radius 2 is 1.85 bits per heavy atom. The monoisotopic (exact) mass is 269 g/mol. The van der Waals surface area contributed by atoms with Crippen LogP contribution in [0.3, 0.4) is 0 Å². The van der Waals surface area contributed by atoms with E-state index in [0.717, 1.165) is 0 Å². The van der Waals surface area contributed by atoms with Gasteiger partial charge in [0.2, 0.25) is 0 Å². The van der Waals surface area contributed by atoms with Crippen molar-refractivity contribution in [3.8, 4) is 11.8 Å². The minimum atomic E-state index is -0.480. The molecule has 100 valence electrons. The molecule has 3 nitrogen and oxygen atoms in total. The topological polar surface area (TPSA) is 49.3 Å². The zero-order valence-electron chi connectivity index (χ0n) is 10.6. The number of carbonyl (C=O) groups is 1. The lowest BCUT2D eigenvalue weighted by atomic mass is 10.1. The van der Waals surface area contributed by atoms with E-state index in [9.17, 15) is 9.18 Å². The van der Waals surface area contributed by atoms with Gasteiger partial charge in [-0.2, -0.15) is 0 Å². The molecule has 2 rings (SSSR count). The fourth-order valence-corrected chi connectivity index (χ4v) is 1.60. The first-order chi connectivity index (χ1) is 9.70. The molecule has 0 aliphatic heterocycles. The van der Waals surface area contributed by atoms with Crippen LogP contribution in [-0.4, -0.2) is 17.6 Å². The van der Waals surface area contributed by atoms with Gasteiger partial charge in [-0.25, -0.2) is 4.39 Å². The van der Waals surface area contributed by atoms with E-state index in [1.807, 2.05) is 0 Å². The summed E-state index contributed by atoms with van der Waals surface area (Å²) in [5.74, 6) is 4.37. The number of carbonyl (C=O) groups excluding carboxylic acids is 1. The van der Waals surface area contributed by atoms with Gasteiger partial charge in [0.15, 0.2) is 0 Å². The number of hydrogen-bond acceptors (Lipinski definition) is 2. The molecule has 1 amide bonds. The maximum Gasteiger partial charge on any atom is 0.255 e. The van der Waals surface area contributed by atoms with E-state index < -0.39 is 11.7 Å². The Balaban J connectivity index is 2.12. The van der Waals surface area contributed by atoms with Crippen molar-refractivity contribution in [3.05, 3.63) is 65.5 Å². The molecule has 0 saturated carbocycles. The van der Waals surface area contributed by atoms with Crippen LogP contribution in [0.4, 0.5) is 10.1 Å². The van der Waals surface area contributed by atoms with Gasteiger partial charge in [0, 0.05) is 11.1 Å². The summed E-state index contributed by atoms with van der Waals surface area (Å²) in [6.07, 6.45) is 0. The molecule has 0 aliphatic carbocycles. The molecule has 2 aromatic carbocycles. The van der Waals surface area contributed by atoms with Gasteiger partial charge < -0.3 is 10.4 Å². The number of halogens is 1. The van der Waals surface area contributed by atoms with Gasteiger partial charge in [0.05, 0.1) is 5.69 Å². The number of aliphatic hydroxyl groups is 1. The maximum absolute atomic E-state index is 13.4. The average Bonchev–Trinajstić information content (AvgIpc) is 2.48. The molecule has 20 heavy (non-hydrogen) atoms. The Kier molecular flexibility index (Phi) is 4.48. The first kappa shape index (κ1) is 13.8. The number of rotatable bonds is 2. The van der Waals surface area contributed by atoms with Gasteiger partial charge in [0.1, 0.15) is 12.4 Å². The molecule has 2 N–H and O–H groups in total. The molecule has 0 spiro atoms. The number of nitrogens with one attached hydrogen (secondary N) is 1. The highest BCUT2D eigenvalue weighted by atomic mass is 19.1. The second-order valence-electron chi connectivity index (χ2n) is 3.97. The SMILES string of the molecule is O=C(Nc1ccccc1F)c1ccc(C#CCO)cc1. The van der Waals surface area contributed by atoms with Gasteiger partial charge >= 0.3 is 0 Å². The molecule has 0 heterocycles. The average molecular weight is 269 g/mol. The minimum Gasteiger partial charge on any atom is -0.384 e. The van der Waals surface area contributed by atoms with E-state index in [1.165, 1.54) is 12.1 Å². The normalized spacial score (nSPS) is 9.50. The number of aliphatic hydroxyl groups excluding tert-OH is 1. The van der Waals surface area contributed by atoms with Crippen molar-refractivity contribution in [3.63, 3.8) is 0 Å². The Labute approximate surface area is 116 Å². The van der Waals surface area contributed by atoms with Crippen molar-refractivity contribution in [2.24, 2.45) is 0 Å².